The number of anilines is 2. The second kappa shape index (κ2) is 21.2. The highest BCUT2D eigenvalue weighted by Crippen LogP contribution is 2.51. The number of oxime groups is 2. The molecule has 3 N–H and O–H groups in total. The van der Waals surface area contributed by atoms with Gasteiger partial charge < -0.3 is 20.7 Å². The summed E-state index contributed by atoms with van der Waals surface area (Å²) >= 11 is 28.6. The van der Waals surface area contributed by atoms with Crippen molar-refractivity contribution in [3.8, 4) is 0 Å². The molecule has 0 saturated carbocycles. The summed E-state index contributed by atoms with van der Waals surface area (Å²) in [7, 11) is 0. The SMILES string of the molecule is CCCCC(=O)Cl.CCCCC(=O)Nc1cccc(C2=NOC(c3cc(Cl)cc(Cl)c3)(C(F)(F)F)C2)c1.Nc1cccc(C2=NOC(c3cc(Cl)cc(Cl)c3)(C(F)(F)F)C2)c1. The number of amides is 1. The van der Waals surface area contributed by atoms with Gasteiger partial charge in [-0.05, 0) is 85.1 Å². The summed E-state index contributed by atoms with van der Waals surface area (Å²) < 4.78 is 83.7. The van der Waals surface area contributed by atoms with Crippen molar-refractivity contribution in [1.82, 2.24) is 0 Å². The Kier molecular flexibility index (Phi) is 17.2. The van der Waals surface area contributed by atoms with Crippen LogP contribution in [0.5, 0.6) is 0 Å². The third kappa shape index (κ3) is 12.9. The maximum Gasteiger partial charge on any atom is 0.435 e. The second-order valence-electron chi connectivity index (χ2n) is 13.9. The van der Waals surface area contributed by atoms with Gasteiger partial charge in [0, 0.05) is 79.4 Å². The van der Waals surface area contributed by atoms with Gasteiger partial charge in [-0.25, -0.2) is 0 Å². The van der Waals surface area contributed by atoms with E-state index >= 15 is 0 Å². The van der Waals surface area contributed by atoms with E-state index in [0.29, 0.717) is 35.3 Å². The Bertz CT molecular complexity index is 2220. The molecule has 0 saturated heterocycles. The first-order valence-corrected chi connectivity index (χ1v) is 20.5. The maximum absolute atomic E-state index is 14.1. The van der Waals surface area contributed by atoms with Crippen LogP contribution in [-0.4, -0.2) is 34.9 Å². The van der Waals surface area contributed by atoms with Gasteiger partial charge in [-0.15, -0.1) is 0 Å². The number of nitrogens with two attached hydrogens (primary N) is 1. The molecule has 0 spiro atoms. The normalized spacial score (nSPS) is 18.3. The molecule has 0 bridgehead atoms. The molecule has 328 valence electrons. The molecule has 2 atom stereocenters. The van der Waals surface area contributed by atoms with Gasteiger partial charge in [0.1, 0.15) is 0 Å². The van der Waals surface area contributed by atoms with E-state index in [0.717, 1.165) is 25.7 Å². The fraction of sp³-hybridized carbons (Fsp3) is 0.333. The Morgan fingerprint density at radius 1 is 0.672 bits per heavy atom. The maximum atomic E-state index is 14.1. The van der Waals surface area contributed by atoms with Crippen LogP contribution in [0.2, 0.25) is 20.1 Å². The first kappa shape index (κ1) is 49.4. The van der Waals surface area contributed by atoms with Crippen molar-refractivity contribution >= 4 is 92.0 Å². The van der Waals surface area contributed by atoms with Crippen molar-refractivity contribution in [3.05, 3.63) is 127 Å². The summed E-state index contributed by atoms with van der Waals surface area (Å²) in [6.07, 6.45) is -6.05. The number of hydrogen-bond acceptors (Lipinski definition) is 7. The van der Waals surface area contributed by atoms with Crippen LogP contribution in [0.15, 0.2) is 95.2 Å². The second-order valence-corrected chi connectivity index (χ2v) is 16.1. The molecule has 61 heavy (non-hydrogen) atoms. The van der Waals surface area contributed by atoms with Crippen LogP contribution in [0, 0.1) is 0 Å². The van der Waals surface area contributed by atoms with E-state index in [1.165, 1.54) is 36.4 Å². The lowest BCUT2D eigenvalue weighted by Crippen LogP contribution is -2.42. The first-order valence-electron chi connectivity index (χ1n) is 18.6. The zero-order valence-corrected chi connectivity index (χ0v) is 36.3. The van der Waals surface area contributed by atoms with Crippen molar-refractivity contribution in [2.45, 2.75) is 88.8 Å². The van der Waals surface area contributed by atoms with Crippen LogP contribution in [0.3, 0.4) is 0 Å². The predicted molar refractivity (Wildman–Crippen MR) is 229 cm³/mol. The Balaban J connectivity index is 0.000000236. The highest BCUT2D eigenvalue weighted by molar-refractivity contribution is 6.63. The van der Waals surface area contributed by atoms with Crippen molar-refractivity contribution < 1.29 is 45.6 Å². The number of rotatable bonds is 11. The van der Waals surface area contributed by atoms with Gasteiger partial charge in [0.2, 0.25) is 11.1 Å². The fourth-order valence-electron chi connectivity index (χ4n) is 6.06. The Hall–Kier alpha value is -4.21. The quantitative estimate of drug-likeness (QED) is 0.0883. The minimum atomic E-state index is -4.77. The zero-order valence-electron chi connectivity index (χ0n) is 32.5. The molecule has 2 heterocycles. The molecule has 4 aromatic rings. The number of alkyl halides is 6. The van der Waals surface area contributed by atoms with Crippen LogP contribution in [0.4, 0.5) is 37.7 Å². The molecule has 2 unspecified atom stereocenters. The Morgan fingerprint density at radius 3 is 1.49 bits per heavy atom. The number of nitrogens with one attached hydrogen (secondary N) is 1. The van der Waals surface area contributed by atoms with E-state index in [1.54, 1.807) is 48.5 Å². The number of nitrogen functional groups attached to an aromatic ring is 1. The van der Waals surface area contributed by atoms with Crippen LogP contribution in [0.25, 0.3) is 0 Å². The molecular weight excluding hydrogens is 916 g/mol. The molecule has 0 aliphatic carbocycles. The standard InChI is InChI=1S/C21H19Cl2F3N2O2.C16H11Cl2F3N2O.C5H9ClO/c1-2-3-7-19(29)27-17-6-4-5-13(8-17)18-12-20(30-28-18,21(24,25)26)14-9-15(22)11-16(23)10-14;17-11-5-10(6-12(18)7-11)15(16(19,20)21)8-14(23-24-15)9-2-1-3-13(22)4-9;1-2-3-4-5(6)7/h4-6,8-11H,2-3,7,12H2,1H3,(H,27,29);1-7H,8,22H2;2-4H2,1H3. The number of halogens is 11. The predicted octanol–water partition coefficient (Wildman–Crippen LogP) is 13.8. The third-order valence-corrected chi connectivity index (χ3v) is 10.3. The summed E-state index contributed by atoms with van der Waals surface area (Å²) in [6.45, 7) is 4.01. The number of unbranched alkanes of at least 4 members (excludes halogenated alkanes) is 2. The van der Waals surface area contributed by atoms with Crippen LogP contribution < -0.4 is 11.1 Å². The van der Waals surface area contributed by atoms with Gasteiger partial charge in [-0.3, -0.25) is 9.59 Å². The molecule has 0 radical (unpaired) electrons. The Labute approximate surface area is 373 Å². The fourth-order valence-corrected chi connectivity index (χ4v) is 7.25. The molecule has 6 rings (SSSR count). The molecule has 0 aromatic heterocycles. The van der Waals surface area contributed by atoms with Crippen LogP contribution >= 0.6 is 58.0 Å². The highest BCUT2D eigenvalue weighted by Gasteiger charge is 2.63. The average molecular weight is 955 g/mol. The van der Waals surface area contributed by atoms with Crippen LogP contribution in [-0.2, 0) is 30.5 Å². The minimum Gasteiger partial charge on any atom is -0.399 e. The lowest BCUT2D eigenvalue weighted by molar-refractivity contribution is -0.276. The summed E-state index contributed by atoms with van der Waals surface area (Å²) in [5.41, 5.74) is 1.96. The van der Waals surface area contributed by atoms with Gasteiger partial charge in [0.05, 0.1) is 11.4 Å². The van der Waals surface area contributed by atoms with Crippen molar-refractivity contribution in [2.24, 2.45) is 10.3 Å². The van der Waals surface area contributed by atoms with E-state index in [1.807, 2.05) is 13.8 Å². The zero-order chi connectivity index (χ0) is 45.2. The van der Waals surface area contributed by atoms with Crippen molar-refractivity contribution in [1.29, 1.82) is 0 Å². The molecule has 4 aromatic carbocycles. The third-order valence-electron chi connectivity index (χ3n) is 9.21. The van der Waals surface area contributed by atoms with E-state index in [9.17, 15) is 35.9 Å². The number of carbonyl (C=O) groups excluding carboxylic acids is 2. The van der Waals surface area contributed by atoms with E-state index < -0.39 is 36.4 Å². The number of nitrogens with zero attached hydrogens (tertiary/aromatic N) is 2. The largest absolute Gasteiger partial charge is 0.435 e. The van der Waals surface area contributed by atoms with E-state index in [4.69, 9.17) is 73.4 Å². The van der Waals surface area contributed by atoms with Gasteiger partial charge >= 0.3 is 12.4 Å². The summed E-state index contributed by atoms with van der Waals surface area (Å²) in [5.74, 6) is -0.156. The summed E-state index contributed by atoms with van der Waals surface area (Å²) in [6, 6.07) is 20.3. The number of carbonyl (C=O) groups is 2. The molecule has 0 fully saturated rings. The summed E-state index contributed by atoms with van der Waals surface area (Å²) in [5, 5.41) is 10.2. The molecule has 2 aliphatic heterocycles. The number of hydrogen-bond donors (Lipinski definition) is 2. The van der Waals surface area contributed by atoms with Crippen molar-refractivity contribution in [2.75, 3.05) is 11.1 Å². The molecule has 8 nitrogen and oxygen atoms in total. The smallest absolute Gasteiger partial charge is 0.399 e. The van der Waals surface area contributed by atoms with Gasteiger partial charge in [-0.1, -0.05) is 108 Å². The van der Waals surface area contributed by atoms with Gasteiger partial charge in [-0.2, -0.15) is 26.3 Å². The first-order chi connectivity index (χ1) is 28.6. The monoisotopic (exact) mass is 952 g/mol. The highest BCUT2D eigenvalue weighted by atomic mass is 35.5. The number of benzene rings is 4. The minimum absolute atomic E-state index is 0.0648. The molecule has 19 heteroatoms. The topological polar surface area (TPSA) is 115 Å². The van der Waals surface area contributed by atoms with E-state index in [2.05, 4.69) is 15.6 Å². The lowest BCUT2D eigenvalue weighted by Gasteiger charge is -2.29. The van der Waals surface area contributed by atoms with Crippen molar-refractivity contribution in [3.63, 3.8) is 0 Å². The lowest BCUT2D eigenvalue weighted by atomic mass is 9.86. The Morgan fingerprint density at radius 2 is 1.10 bits per heavy atom. The van der Waals surface area contributed by atoms with Gasteiger partial charge in [0.25, 0.3) is 11.2 Å². The van der Waals surface area contributed by atoms with E-state index in [-0.39, 0.29) is 53.8 Å². The van der Waals surface area contributed by atoms with Crippen LogP contribution in [0.1, 0.15) is 87.5 Å². The molecule has 2 aliphatic rings. The summed E-state index contributed by atoms with van der Waals surface area (Å²) in [4.78, 5) is 31.8. The molecular formula is C42H39Cl5F6N4O4. The molecule has 1 amide bonds. The average Bonchev–Trinajstić information content (AvgIpc) is 3.85. The van der Waals surface area contributed by atoms with Gasteiger partial charge in [0.15, 0.2) is 0 Å².